The molecule has 1 N–H and O–H groups in total. The zero-order valence-electron chi connectivity index (χ0n) is 16.2. The number of hydrogen-bond acceptors (Lipinski definition) is 5. The van der Waals surface area contributed by atoms with E-state index in [4.69, 9.17) is 4.74 Å². The van der Waals surface area contributed by atoms with Gasteiger partial charge in [-0.15, -0.1) is 0 Å². The Morgan fingerprint density at radius 1 is 1.11 bits per heavy atom. The number of anilines is 1. The maximum absolute atomic E-state index is 12.5. The van der Waals surface area contributed by atoms with Crippen molar-refractivity contribution in [3.63, 3.8) is 0 Å². The van der Waals surface area contributed by atoms with Crippen molar-refractivity contribution in [2.24, 2.45) is 5.10 Å². The van der Waals surface area contributed by atoms with Crippen molar-refractivity contribution in [2.45, 2.75) is 70.4 Å². The molecule has 0 bridgehead atoms. The van der Waals surface area contributed by atoms with Crippen LogP contribution in [0.3, 0.4) is 0 Å². The van der Waals surface area contributed by atoms with Gasteiger partial charge >= 0.3 is 5.97 Å². The molecule has 1 aromatic carbocycles. The molecule has 1 heterocycles. The molecule has 1 aliphatic carbocycles. The summed E-state index contributed by atoms with van der Waals surface area (Å²) in [6, 6.07) is 9.08. The fourth-order valence-corrected chi connectivity index (χ4v) is 3.50. The van der Waals surface area contributed by atoms with Crippen molar-refractivity contribution in [2.75, 3.05) is 5.01 Å². The van der Waals surface area contributed by atoms with Crippen molar-refractivity contribution >= 4 is 29.2 Å². The van der Waals surface area contributed by atoms with Gasteiger partial charge in [0, 0.05) is 18.9 Å². The largest absolute Gasteiger partial charge is 0.448 e. The molecular weight excluding hydrogens is 358 g/mol. The Hall–Kier alpha value is -2.70. The number of nitrogens with zero attached hydrogens (tertiary/aromatic N) is 2. The molecule has 150 valence electrons. The van der Waals surface area contributed by atoms with Gasteiger partial charge in [-0.1, -0.05) is 43.9 Å². The molecule has 2 aliphatic rings. The Bertz CT molecular complexity index is 739. The van der Waals surface area contributed by atoms with Crippen LogP contribution in [-0.2, 0) is 19.1 Å². The number of nitrogens with one attached hydrogen (secondary N) is 1. The smallest absolute Gasteiger partial charge is 0.355 e. The first-order valence-electron chi connectivity index (χ1n) is 10.0. The van der Waals surface area contributed by atoms with Gasteiger partial charge in [0.1, 0.15) is 5.71 Å². The topological polar surface area (TPSA) is 88.1 Å². The lowest BCUT2D eigenvalue weighted by molar-refractivity contribution is -0.149. The van der Waals surface area contributed by atoms with Crippen molar-refractivity contribution < 1.29 is 19.1 Å². The third-order valence-electron chi connectivity index (χ3n) is 5.12. The van der Waals surface area contributed by atoms with E-state index in [-0.39, 0.29) is 36.4 Å². The molecule has 7 heteroatoms. The lowest BCUT2D eigenvalue weighted by Crippen LogP contribution is -2.43. The summed E-state index contributed by atoms with van der Waals surface area (Å²) in [5.41, 5.74) is 0.745. The molecule has 28 heavy (non-hydrogen) atoms. The van der Waals surface area contributed by atoms with Crippen LogP contribution in [0.1, 0.15) is 58.3 Å². The van der Waals surface area contributed by atoms with Crippen LogP contribution in [0.25, 0.3) is 0 Å². The van der Waals surface area contributed by atoms with Gasteiger partial charge in [-0.2, -0.15) is 5.10 Å². The van der Waals surface area contributed by atoms with Gasteiger partial charge < -0.3 is 10.1 Å². The molecule has 7 nitrogen and oxygen atoms in total. The molecule has 0 spiro atoms. The van der Waals surface area contributed by atoms with Crippen LogP contribution in [-0.4, -0.2) is 35.6 Å². The first-order chi connectivity index (χ1) is 13.5. The van der Waals surface area contributed by atoms with E-state index in [0.717, 1.165) is 25.7 Å². The number of benzene rings is 1. The minimum atomic E-state index is -0.902. The van der Waals surface area contributed by atoms with Crippen LogP contribution in [0.5, 0.6) is 0 Å². The number of hydrazone groups is 1. The minimum Gasteiger partial charge on any atom is -0.448 e. The fourth-order valence-electron chi connectivity index (χ4n) is 3.50. The number of para-hydroxylation sites is 1. The molecule has 0 aromatic heterocycles. The van der Waals surface area contributed by atoms with Crippen molar-refractivity contribution in [3.8, 4) is 0 Å². The second kappa shape index (κ2) is 9.48. The van der Waals surface area contributed by atoms with Gasteiger partial charge in [0.25, 0.3) is 5.91 Å². The summed E-state index contributed by atoms with van der Waals surface area (Å²) in [6.45, 7) is 1.56. The van der Waals surface area contributed by atoms with E-state index in [1.165, 1.54) is 17.9 Å². The minimum absolute atomic E-state index is 0.148. The molecule has 0 saturated heterocycles. The summed E-state index contributed by atoms with van der Waals surface area (Å²) < 4.78 is 5.32. The van der Waals surface area contributed by atoms with Crippen molar-refractivity contribution in [3.05, 3.63) is 30.3 Å². The number of hydrogen-bond donors (Lipinski definition) is 1. The van der Waals surface area contributed by atoms with Gasteiger partial charge in [0.05, 0.1) is 5.69 Å². The summed E-state index contributed by atoms with van der Waals surface area (Å²) >= 11 is 0. The maximum Gasteiger partial charge on any atom is 0.355 e. The Labute approximate surface area is 165 Å². The number of rotatable bonds is 5. The number of carbonyl (C=O) groups excluding carboxylic acids is 3. The second-order valence-electron chi connectivity index (χ2n) is 7.33. The SMILES string of the molecule is C[C@@H](OC(=O)C1=NN(c2ccccc2)C(=O)CC1)C(=O)NC1CCCCCC1. The molecule has 3 rings (SSSR count). The molecule has 1 atom stereocenters. The maximum atomic E-state index is 12.5. The number of esters is 1. The summed E-state index contributed by atoms with van der Waals surface area (Å²) in [6.07, 6.45) is 6.03. The monoisotopic (exact) mass is 385 g/mol. The fraction of sp³-hybridized carbons (Fsp3) is 0.524. The van der Waals surface area contributed by atoms with Crippen LogP contribution in [0.15, 0.2) is 35.4 Å². The average Bonchev–Trinajstić information content (AvgIpc) is 2.97. The molecule has 1 fully saturated rings. The van der Waals surface area contributed by atoms with Crippen molar-refractivity contribution in [1.82, 2.24) is 5.32 Å². The molecule has 0 radical (unpaired) electrons. The van der Waals surface area contributed by atoms with Crippen LogP contribution >= 0.6 is 0 Å². The lowest BCUT2D eigenvalue weighted by atomic mass is 10.1. The Morgan fingerprint density at radius 3 is 2.46 bits per heavy atom. The van der Waals surface area contributed by atoms with E-state index in [1.807, 2.05) is 6.07 Å². The number of ether oxygens (including phenoxy) is 1. The standard InChI is InChI=1S/C21H27N3O4/c1-15(20(26)22-16-9-5-2-3-6-10-16)28-21(27)18-13-14-19(25)24(23-18)17-11-7-4-8-12-17/h4,7-8,11-12,15-16H,2-3,5-6,9-10,13-14H2,1H3,(H,22,26)/t15-/m1/s1. The highest BCUT2D eigenvalue weighted by atomic mass is 16.5. The molecule has 0 unspecified atom stereocenters. The molecule has 1 aliphatic heterocycles. The van der Waals surface area contributed by atoms with Gasteiger partial charge in [-0.05, 0) is 31.9 Å². The quantitative estimate of drug-likeness (QED) is 0.623. The second-order valence-corrected chi connectivity index (χ2v) is 7.33. The van der Waals surface area contributed by atoms with E-state index < -0.39 is 12.1 Å². The van der Waals surface area contributed by atoms with Gasteiger partial charge in [-0.3, -0.25) is 9.59 Å². The first-order valence-corrected chi connectivity index (χ1v) is 10.0. The first kappa shape index (κ1) is 20.0. The van der Waals surface area contributed by atoms with E-state index in [2.05, 4.69) is 10.4 Å². The predicted molar refractivity (Wildman–Crippen MR) is 106 cm³/mol. The normalized spacial score (nSPS) is 19.4. The lowest BCUT2D eigenvalue weighted by Gasteiger charge is -2.24. The Morgan fingerprint density at radius 2 is 1.79 bits per heavy atom. The highest BCUT2D eigenvalue weighted by molar-refractivity contribution is 6.38. The predicted octanol–water partition coefficient (Wildman–Crippen LogP) is 2.94. The zero-order valence-corrected chi connectivity index (χ0v) is 16.2. The van der Waals surface area contributed by atoms with Crippen LogP contribution in [0.4, 0.5) is 5.69 Å². The van der Waals surface area contributed by atoms with Gasteiger partial charge in [-0.25, -0.2) is 9.80 Å². The van der Waals surface area contributed by atoms with Crippen molar-refractivity contribution in [1.29, 1.82) is 0 Å². The van der Waals surface area contributed by atoms with Gasteiger partial charge in [0.15, 0.2) is 6.10 Å². The summed E-state index contributed by atoms with van der Waals surface area (Å²) in [5.74, 6) is -1.12. The van der Waals surface area contributed by atoms with Crippen LogP contribution in [0.2, 0.25) is 0 Å². The van der Waals surface area contributed by atoms with E-state index in [0.29, 0.717) is 5.69 Å². The summed E-state index contributed by atoms with van der Waals surface area (Å²) in [4.78, 5) is 37.0. The zero-order chi connectivity index (χ0) is 19.9. The molecule has 2 amide bonds. The van der Waals surface area contributed by atoms with E-state index >= 15 is 0 Å². The van der Waals surface area contributed by atoms with E-state index in [1.54, 1.807) is 31.2 Å². The van der Waals surface area contributed by atoms with Gasteiger partial charge in [0.2, 0.25) is 5.91 Å². The highest BCUT2D eigenvalue weighted by Gasteiger charge is 2.29. The summed E-state index contributed by atoms with van der Waals surface area (Å²) in [5, 5.41) is 8.37. The average molecular weight is 385 g/mol. The molecule has 1 saturated carbocycles. The summed E-state index contributed by atoms with van der Waals surface area (Å²) in [7, 11) is 0. The number of carbonyl (C=O) groups is 3. The van der Waals surface area contributed by atoms with Crippen LogP contribution < -0.4 is 10.3 Å². The Kier molecular flexibility index (Phi) is 6.79. The third kappa shape index (κ3) is 5.18. The van der Waals surface area contributed by atoms with Crippen LogP contribution in [0, 0.1) is 0 Å². The molecule has 1 aromatic rings. The highest BCUT2D eigenvalue weighted by Crippen LogP contribution is 2.20. The van der Waals surface area contributed by atoms with E-state index in [9.17, 15) is 14.4 Å². The number of amides is 2. The Balaban J connectivity index is 1.59. The molecular formula is C21H27N3O4. The third-order valence-corrected chi connectivity index (χ3v) is 5.12.